The van der Waals surface area contributed by atoms with Gasteiger partial charge in [-0.3, -0.25) is 9.69 Å². The van der Waals surface area contributed by atoms with E-state index in [0.717, 1.165) is 39.1 Å². The number of piperazine rings is 1. The van der Waals surface area contributed by atoms with Crippen LogP contribution in [0.3, 0.4) is 0 Å². The molecular formula is C12H24ClN3O. The molecule has 1 amide bonds. The van der Waals surface area contributed by atoms with E-state index in [4.69, 9.17) is 0 Å². The fraction of sp³-hybridized carbons (Fsp3) is 0.917. The molecule has 2 unspecified atom stereocenters. The van der Waals surface area contributed by atoms with Crippen LogP contribution in [0, 0.1) is 5.41 Å². The van der Waals surface area contributed by atoms with Crippen LogP contribution in [0.5, 0.6) is 0 Å². The van der Waals surface area contributed by atoms with Gasteiger partial charge in [0.15, 0.2) is 0 Å². The maximum atomic E-state index is 11.7. The minimum Gasteiger partial charge on any atom is -0.353 e. The summed E-state index contributed by atoms with van der Waals surface area (Å²) in [5, 5.41) is 6.37. The highest BCUT2D eigenvalue weighted by atomic mass is 35.5. The highest BCUT2D eigenvalue weighted by molar-refractivity contribution is 5.85. The highest BCUT2D eigenvalue weighted by Gasteiger charge is 2.35. The molecule has 2 fully saturated rings. The topological polar surface area (TPSA) is 44.4 Å². The van der Waals surface area contributed by atoms with E-state index in [1.165, 1.54) is 6.42 Å². The lowest BCUT2D eigenvalue weighted by molar-refractivity contribution is -0.129. The SMILES string of the molecule is CCC1C(=O)NCCN1CC1(C)CCNC1.Cl. The third kappa shape index (κ3) is 3.33. The van der Waals surface area contributed by atoms with Crippen LogP contribution in [0.4, 0.5) is 0 Å². The summed E-state index contributed by atoms with van der Waals surface area (Å²) < 4.78 is 0. The Hall–Kier alpha value is -0.320. The van der Waals surface area contributed by atoms with E-state index in [1.54, 1.807) is 0 Å². The van der Waals surface area contributed by atoms with Gasteiger partial charge in [0.05, 0.1) is 6.04 Å². The van der Waals surface area contributed by atoms with E-state index in [0.29, 0.717) is 5.41 Å². The van der Waals surface area contributed by atoms with E-state index in [2.05, 4.69) is 29.4 Å². The summed E-state index contributed by atoms with van der Waals surface area (Å²) in [5.74, 6) is 0.211. The van der Waals surface area contributed by atoms with Gasteiger partial charge < -0.3 is 10.6 Å². The van der Waals surface area contributed by atoms with Crippen molar-refractivity contribution in [2.45, 2.75) is 32.7 Å². The summed E-state index contributed by atoms with van der Waals surface area (Å²) in [6.45, 7) is 9.48. The molecule has 2 saturated heterocycles. The number of carbonyl (C=O) groups excluding carboxylic acids is 1. The maximum absolute atomic E-state index is 11.7. The van der Waals surface area contributed by atoms with Crippen LogP contribution in [-0.2, 0) is 4.79 Å². The Bertz CT molecular complexity index is 266. The number of nitrogens with zero attached hydrogens (tertiary/aromatic N) is 1. The fourth-order valence-electron chi connectivity index (χ4n) is 2.89. The standard InChI is InChI=1S/C12H23N3O.ClH/c1-3-10-11(16)14-6-7-15(10)9-12(2)4-5-13-8-12;/h10,13H,3-9H2,1-2H3,(H,14,16);1H. The van der Waals surface area contributed by atoms with Crippen LogP contribution >= 0.6 is 12.4 Å². The second-order valence-electron chi connectivity index (χ2n) is 5.42. The first-order chi connectivity index (χ1) is 7.64. The van der Waals surface area contributed by atoms with Crippen molar-refractivity contribution in [1.82, 2.24) is 15.5 Å². The van der Waals surface area contributed by atoms with Crippen molar-refractivity contribution in [3.05, 3.63) is 0 Å². The molecular weight excluding hydrogens is 238 g/mol. The lowest BCUT2D eigenvalue weighted by Crippen LogP contribution is -2.57. The quantitative estimate of drug-likeness (QED) is 0.783. The van der Waals surface area contributed by atoms with Crippen molar-refractivity contribution in [2.75, 3.05) is 32.7 Å². The van der Waals surface area contributed by atoms with Crippen molar-refractivity contribution < 1.29 is 4.79 Å². The van der Waals surface area contributed by atoms with Gasteiger partial charge in [-0.2, -0.15) is 0 Å². The zero-order valence-electron chi connectivity index (χ0n) is 10.8. The molecule has 17 heavy (non-hydrogen) atoms. The van der Waals surface area contributed by atoms with Crippen molar-refractivity contribution in [2.24, 2.45) is 5.41 Å². The molecule has 0 aliphatic carbocycles. The Morgan fingerprint density at radius 3 is 2.82 bits per heavy atom. The van der Waals surface area contributed by atoms with Gasteiger partial charge in [0.2, 0.25) is 5.91 Å². The molecule has 100 valence electrons. The van der Waals surface area contributed by atoms with E-state index < -0.39 is 0 Å². The number of nitrogens with one attached hydrogen (secondary N) is 2. The van der Waals surface area contributed by atoms with Gasteiger partial charge in [-0.1, -0.05) is 13.8 Å². The third-order valence-corrected chi connectivity index (χ3v) is 3.87. The van der Waals surface area contributed by atoms with Gasteiger partial charge in [-0.25, -0.2) is 0 Å². The summed E-state index contributed by atoms with van der Waals surface area (Å²) >= 11 is 0. The fourth-order valence-corrected chi connectivity index (χ4v) is 2.89. The van der Waals surface area contributed by atoms with E-state index >= 15 is 0 Å². The minimum absolute atomic E-state index is 0. The number of amides is 1. The van der Waals surface area contributed by atoms with Crippen molar-refractivity contribution in [3.8, 4) is 0 Å². The Kier molecular flexibility index (Phi) is 5.22. The summed E-state index contributed by atoms with van der Waals surface area (Å²) in [6, 6.07) is 0.0891. The predicted octanol–water partition coefficient (Wildman–Crippen LogP) is 0.618. The third-order valence-electron chi connectivity index (χ3n) is 3.87. The molecule has 2 heterocycles. The Balaban J connectivity index is 0.00000144. The molecule has 0 bridgehead atoms. The molecule has 0 saturated carbocycles. The number of halogens is 1. The van der Waals surface area contributed by atoms with Crippen molar-refractivity contribution in [1.29, 1.82) is 0 Å². The molecule has 0 aromatic carbocycles. The molecule has 2 N–H and O–H groups in total. The molecule has 2 aliphatic heterocycles. The van der Waals surface area contributed by atoms with Crippen molar-refractivity contribution in [3.63, 3.8) is 0 Å². The maximum Gasteiger partial charge on any atom is 0.237 e. The molecule has 0 aromatic rings. The van der Waals surface area contributed by atoms with Gasteiger partial charge in [-0.15, -0.1) is 12.4 Å². The van der Waals surface area contributed by atoms with Crippen molar-refractivity contribution >= 4 is 18.3 Å². The molecule has 4 nitrogen and oxygen atoms in total. The second kappa shape index (κ2) is 6.03. The molecule has 0 spiro atoms. The van der Waals surface area contributed by atoms with Crippen LogP contribution in [0.25, 0.3) is 0 Å². The van der Waals surface area contributed by atoms with Crippen LogP contribution in [0.2, 0.25) is 0 Å². The first-order valence-electron chi connectivity index (χ1n) is 6.37. The van der Waals surface area contributed by atoms with Gasteiger partial charge in [0.25, 0.3) is 0 Å². The monoisotopic (exact) mass is 261 g/mol. The Morgan fingerprint density at radius 1 is 1.47 bits per heavy atom. The minimum atomic E-state index is 0. The van der Waals surface area contributed by atoms with E-state index in [9.17, 15) is 4.79 Å². The van der Waals surface area contributed by atoms with Gasteiger partial charge in [0.1, 0.15) is 0 Å². The van der Waals surface area contributed by atoms with Gasteiger partial charge in [-0.05, 0) is 24.8 Å². The average molecular weight is 262 g/mol. The second-order valence-corrected chi connectivity index (χ2v) is 5.42. The molecule has 5 heteroatoms. The lowest BCUT2D eigenvalue weighted by atomic mass is 9.88. The summed E-state index contributed by atoms with van der Waals surface area (Å²) in [5.41, 5.74) is 0.352. The molecule has 2 atom stereocenters. The van der Waals surface area contributed by atoms with Crippen LogP contribution in [-0.4, -0.2) is 49.6 Å². The Morgan fingerprint density at radius 2 is 2.24 bits per heavy atom. The number of rotatable bonds is 3. The summed E-state index contributed by atoms with van der Waals surface area (Å²) in [7, 11) is 0. The first kappa shape index (κ1) is 14.7. The lowest BCUT2D eigenvalue weighted by Gasteiger charge is -2.39. The summed E-state index contributed by atoms with van der Waals surface area (Å²) in [4.78, 5) is 14.1. The highest BCUT2D eigenvalue weighted by Crippen LogP contribution is 2.27. The average Bonchev–Trinajstić information content (AvgIpc) is 2.65. The van der Waals surface area contributed by atoms with E-state index in [1.807, 2.05) is 0 Å². The van der Waals surface area contributed by atoms with Gasteiger partial charge in [0, 0.05) is 26.2 Å². The molecule has 2 rings (SSSR count). The summed E-state index contributed by atoms with van der Waals surface area (Å²) in [6.07, 6.45) is 2.14. The van der Waals surface area contributed by atoms with Crippen LogP contribution < -0.4 is 10.6 Å². The largest absolute Gasteiger partial charge is 0.353 e. The predicted molar refractivity (Wildman–Crippen MR) is 71.5 cm³/mol. The van der Waals surface area contributed by atoms with E-state index in [-0.39, 0.29) is 24.4 Å². The first-order valence-corrected chi connectivity index (χ1v) is 6.37. The smallest absolute Gasteiger partial charge is 0.237 e. The van der Waals surface area contributed by atoms with Gasteiger partial charge >= 0.3 is 0 Å². The number of carbonyl (C=O) groups is 1. The normalized spacial score (nSPS) is 34.2. The number of hydrogen-bond acceptors (Lipinski definition) is 3. The Labute approximate surface area is 110 Å². The number of hydrogen-bond donors (Lipinski definition) is 2. The zero-order valence-corrected chi connectivity index (χ0v) is 11.6. The van der Waals surface area contributed by atoms with Crippen LogP contribution in [0.1, 0.15) is 26.7 Å². The zero-order chi connectivity index (χ0) is 11.6. The van der Waals surface area contributed by atoms with Crippen LogP contribution in [0.15, 0.2) is 0 Å². The molecule has 0 aromatic heterocycles. The molecule has 0 radical (unpaired) electrons. The molecule has 2 aliphatic rings.